The van der Waals surface area contributed by atoms with E-state index < -0.39 is 30.2 Å². The molecule has 0 aliphatic rings. The zero-order chi connectivity index (χ0) is 46.4. The summed E-state index contributed by atoms with van der Waals surface area (Å²) in [5, 5.41) is 20.7. The first-order valence-corrected chi connectivity index (χ1v) is 23.5. The number of carboxylic acids is 1. The number of ether oxygens (including phenoxy) is 1. The Labute approximate surface area is 418 Å². The first-order chi connectivity index (χ1) is 30.7. The zero-order valence-corrected chi connectivity index (χ0v) is 42.8. The Bertz CT molecular complexity index is 2140. The number of nitrogens with one attached hydrogen (secondary N) is 4. The van der Waals surface area contributed by atoms with E-state index in [4.69, 9.17) is 9.84 Å². The van der Waals surface area contributed by atoms with Gasteiger partial charge in [0.2, 0.25) is 5.91 Å². The molecule has 0 fully saturated rings. The van der Waals surface area contributed by atoms with Gasteiger partial charge in [-0.05, 0) is 48.6 Å². The molecule has 0 saturated heterocycles. The molecule has 6 amide bonds. The smallest absolute Gasteiger partial charge is 0.407 e. The fourth-order valence-electron chi connectivity index (χ4n) is 6.39. The van der Waals surface area contributed by atoms with Crippen LogP contribution in [0.1, 0.15) is 66.3 Å². The summed E-state index contributed by atoms with van der Waals surface area (Å²) in [7, 11) is 3.32. The van der Waals surface area contributed by atoms with Crippen LogP contribution in [-0.2, 0) is 46.9 Å². The van der Waals surface area contributed by atoms with E-state index in [2.05, 4.69) is 36.2 Å². The van der Waals surface area contributed by atoms with E-state index in [0.29, 0.717) is 38.8 Å². The summed E-state index contributed by atoms with van der Waals surface area (Å²) in [6.45, 7) is 8.31. The quantitative estimate of drug-likeness (QED) is 0.0363. The molecule has 0 unspecified atom stereocenters. The molecule has 3 heterocycles. The van der Waals surface area contributed by atoms with Crippen molar-refractivity contribution in [3.8, 4) is 0 Å². The van der Waals surface area contributed by atoms with Crippen LogP contribution in [0.2, 0.25) is 0 Å². The van der Waals surface area contributed by atoms with Crippen LogP contribution >= 0.6 is 58.0 Å². The summed E-state index contributed by atoms with van der Waals surface area (Å²) in [5.41, 5.74) is 7.29. The molecular weight excluding hydrogens is 1010 g/mol. The number of halogens is 1. The van der Waals surface area contributed by atoms with Crippen molar-refractivity contribution >= 4 is 96.4 Å². The lowest BCUT2D eigenvalue weighted by atomic mass is 9.95. The lowest BCUT2D eigenvalue weighted by molar-refractivity contribution is -0.140. The zero-order valence-electron chi connectivity index (χ0n) is 38.0. The van der Waals surface area contributed by atoms with E-state index in [1.807, 2.05) is 74.5 Å². The van der Waals surface area contributed by atoms with Crippen molar-refractivity contribution in [2.75, 3.05) is 14.1 Å². The van der Waals surface area contributed by atoms with E-state index >= 15 is 0 Å². The highest BCUT2D eigenvalue weighted by Crippen LogP contribution is 2.16. The molecule has 3 radical (unpaired) electrons. The van der Waals surface area contributed by atoms with Crippen molar-refractivity contribution in [3.05, 3.63) is 122 Å². The maximum Gasteiger partial charge on any atom is 0.407 e. The van der Waals surface area contributed by atoms with Crippen molar-refractivity contribution in [1.29, 1.82) is 0 Å². The van der Waals surface area contributed by atoms with Gasteiger partial charge in [0, 0.05) is 62.9 Å². The topological polar surface area (TPSA) is 208 Å². The van der Waals surface area contributed by atoms with Crippen LogP contribution in [0.25, 0.3) is 0 Å². The molecule has 21 heteroatoms. The molecule has 355 valence electrons. The molecule has 0 aliphatic carbocycles. The highest BCUT2D eigenvalue weighted by atomic mass is 127. The number of hydrogen-bond acceptors (Lipinski definition) is 12. The normalized spacial score (nSPS) is 12.4. The number of carbonyl (C=O) groups excluding carboxylic acids is 4. The Balaban J connectivity index is 0.000000631. The third kappa shape index (κ3) is 20.6. The predicted molar refractivity (Wildman–Crippen MR) is 271 cm³/mol. The molecule has 0 bridgehead atoms. The number of aromatic nitrogens is 3. The third-order valence-electron chi connectivity index (χ3n) is 9.90. The van der Waals surface area contributed by atoms with Crippen molar-refractivity contribution in [3.63, 3.8) is 0 Å². The SMILES string of the molecule is CC(C)[C@H](NC(=O)N(C)Cc1cncs1)C(=O)N[C@@H](CC[C@@H](Cc1ccccc1)NC(=O)OCc1cncs1)Cc1ccccc1.CC(C)[C@H](NC(=O)N(C)Cc1cncs1)C(=O)O.I.[B]. The van der Waals surface area contributed by atoms with E-state index in [9.17, 15) is 24.0 Å². The molecule has 3 aromatic heterocycles. The highest BCUT2D eigenvalue weighted by Gasteiger charge is 2.29. The first kappa shape index (κ1) is 57.0. The van der Waals surface area contributed by atoms with Crippen LogP contribution in [0.4, 0.5) is 14.4 Å². The fourth-order valence-corrected chi connectivity index (χ4v) is 8.19. The number of benzene rings is 2. The van der Waals surface area contributed by atoms with Gasteiger partial charge in [0.1, 0.15) is 18.7 Å². The van der Waals surface area contributed by atoms with Crippen molar-refractivity contribution < 1.29 is 33.8 Å². The minimum atomic E-state index is -1.02. The number of nitrogens with zero attached hydrogens (tertiary/aromatic N) is 5. The second kappa shape index (κ2) is 30.2. The average Bonchev–Trinajstić information content (AvgIpc) is 4.09. The summed E-state index contributed by atoms with van der Waals surface area (Å²) in [6, 6.07) is 17.2. The van der Waals surface area contributed by atoms with Gasteiger partial charge in [-0.25, -0.2) is 19.2 Å². The van der Waals surface area contributed by atoms with Gasteiger partial charge in [0.05, 0.1) is 34.5 Å². The summed E-state index contributed by atoms with van der Waals surface area (Å²) < 4.78 is 5.47. The summed E-state index contributed by atoms with van der Waals surface area (Å²) in [6.07, 6.45) is 7.01. The van der Waals surface area contributed by atoms with Gasteiger partial charge < -0.3 is 40.9 Å². The van der Waals surface area contributed by atoms with E-state index in [0.717, 1.165) is 25.8 Å². The molecule has 0 saturated carbocycles. The maximum absolute atomic E-state index is 13.7. The monoisotopic (exact) mass is 1070 g/mol. The predicted octanol–water partition coefficient (Wildman–Crippen LogP) is 7.44. The van der Waals surface area contributed by atoms with E-state index in [-0.39, 0.29) is 74.9 Å². The molecular formula is C45H60BIN9O7S3. The summed E-state index contributed by atoms with van der Waals surface area (Å²) in [5.74, 6) is -1.57. The van der Waals surface area contributed by atoms with Gasteiger partial charge in [0.25, 0.3) is 0 Å². The van der Waals surface area contributed by atoms with Crippen LogP contribution in [0.5, 0.6) is 0 Å². The molecule has 66 heavy (non-hydrogen) atoms. The maximum atomic E-state index is 13.7. The summed E-state index contributed by atoms with van der Waals surface area (Å²) >= 11 is 4.36. The molecule has 0 aliphatic heterocycles. The van der Waals surface area contributed by atoms with Gasteiger partial charge in [-0.3, -0.25) is 19.7 Å². The van der Waals surface area contributed by atoms with Crippen molar-refractivity contribution in [2.45, 2.75) is 97.2 Å². The standard InChI is InChI=1S/C34H42N6O4S2.C11H17N3O3S.B.HI/c1-24(2)31(39-33(42)40(3)20-29-18-35-22-45-29)32(41)37-27(16-25-10-6-4-7-11-25)14-15-28(17-26-12-8-5-9-13-26)38-34(43)44-21-30-19-36-23-46-30;1-7(2)9(10(15)16)13-11(17)14(3)5-8-4-12-6-18-8;;/h4-13,18-19,22-24,27-28,31H,14-17,20-21H2,1-3H3,(H,37,41)(H,38,43)(H,39,42);4,6-7,9H,5H2,1-3H3,(H,13,17)(H,15,16);;1H/t27-,28-,31-;9-;;/m00../s1. The van der Waals surface area contributed by atoms with Crippen LogP contribution < -0.4 is 21.3 Å². The number of hydrogen-bond donors (Lipinski definition) is 5. The Morgan fingerprint density at radius 1 is 0.621 bits per heavy atom. The lowest BCUT2D eigenvalue weighted by Gasteiger charge is -2.28. The lowest BCUT2D eigenvalue weighted by Crippen LogP contribution is -2.54. The van der Waals surface area contributed by atoms with Crippen LogP contribution in [0.3, 0.4) is 0 Å². The average molecular weight is 1070 g/mol. The second-order valence-corrected chi connectivity index (χ2v) is 18.8. The molecule has 4 atom stereocenters. The van der Waals surface area contributed by atoms with Crippen LogP contribution in [0, 0.1) is 11.8 Å². The summed E-state index contributed by atoms with van der Waals surface area (Å²) in [4.78, 5) is 80.2. The minimum absolute atomic E-state index is 0. The fraction of sp³-hybridized carbons (Fsp3) is 0.422. The Kier molecular flexibility index (Phi) is 26.1. The highest BCUT2D eigenvalue weighted by molar-refractivity contribution is 14.0. The number of alkyl carbamates (subject to hydrolysis) is 1. The third-order valence-corrected chi connectivity index (χ3v) is 12.2. The van der Waals surface area contributed by atoms with E-state index in [1.54, 1.807) is 68.0 Å². The first-order valence-electron chi connectivity index (χ1n) is 20.9. The minimum Gasteiger partial charge on any atom is -0.480 e. The number of carbonyl (C=O) groups is 5. The largest absolute Gasteiger partial charge is 0.480 e. The van der Waals surface area contributed by atoms with Crippen molar-refractivity contribution in [2.24, 2.45) is 11.8 Å². The Morgan fingerprint density at radius 3 is 1.42 bits per heavy atom. The number of amides is 6. The molecule has 16 nitrogen and oxygen atoms in total. The number of aliphatic carboxylic acids is 1. The van der Waals surface area contributed by atoms with Crippen LogP contribution in [-0.4, -0.2) is 107 Å². The van der Waals surface area contributed by atoms with Gasteiger partial charge >= 0.3 is 24.1 Å². The Morgan fingerprint density at radius 2 is 1.03 bits per heavy atom. The number of carboxylic acid groups (broad SMARTS) is 1. The van der Waals surface area contributed by atoms with Crippen LogP contribution in [0.15, 0.2) is 95.8 Å². The molecule has 5 N–H and O–H groups in total. The number of urea groups is 2. The van der Waals surface area contributed by atoms with Crippen molar-refractivity contribution in [1.82, 2.24) is 46.0 Å². The molecule has 5 aromatic rings. The molecule has 2 aromatic carbocycles. The second-order valence-electron chi connectivity index (χ2n) is 15.9. The van der Waals surface area contributed by atoms with Gasteiger partial charge in [-0.15, -0.1) is 58.0 Å². The van der Waals surface area contributed by atoms with Gasteiger partial charge in [-0.2, -0.15) is 0 Å². The number of rotatable bonds is 21. The molecule has 0 spiro atoms. The van der Waals surface area contributed by atoms with Gasteiger partial charge in [0.15, 0.2) is 0 Å². The van der Waals surface area contributed by atoms with Gasteiger partial charge in [-0.1, -0.05) is 88.4 Å². The number of thiazole rings is 3. The molecule has 5 rings (SSSR count). The van der Waals surface area contributed by atoms with E-state index in [1.165, 1.54) is 38.9 Å². The Hall–Kier alpha value is -5.13.